The number of pyridine rings is 10. The van der Waals surface area contributed by atoms with Crippen molar-refractivity contribution in [2.24, 2.45) is 0 Å². The number of hydrogen-bond donors (Lipinski definition) is 0. The van der Waals surface area contributed by atoms with E-state index in [1.807, 2.05) is 271 Å². The van der Waals surface area contributed by atoms with Gasteiger partial charge in [-0.3, -0.25) is 49.8 Å². The molecule has 740 valence electrons. The first kappa shape index (κ1) is 124. The lowest BCUT2D eigenvalue weighted by Crippen LogP contribution is -1.87. The van der Waals surface area contributed by atoms with Gasteiger partial charge in [0, 0.05) is 132 Å². The third-order valence-corrected chi connectivity index (χ3v) is 20.8. The quantitative estimate of drug-likeness (QED) is 0.145. The Morgan fingerprint density at radius 1 is 0.150 bits per heavy atom. The maximum Gasteiger partial charge on any atom is 0.0707 e. The zero-order chi connectivity index (χ0) is 106. The fourth-order valence-corrected chi connectivity index (χ4v) is 13.7. The number of fused-ring (bicyclic) bond motifs is 10. The summed E-state index contributed by atoms with van der Waals surface area (Å²) in [4.78, 5) is 43.1. The summed E-state index contributed by atoms with van der Waals surface area (Å²) in [7, 11) is 0. The van der Waals surface area contributed by atoms with Crippen LogP contribution in [-0.2, 0) is 0 Å². The Morgan fingerprint density at radius 3 is 1.10 bits per heavy atom. The van der Waals surface area contributed by atoms with Crippen LogP contribution < -0.4 is 0 Å². The molecule has 0 aliphatic heterocycles. The second kappa shape index (κ2) is 70.0. The number of aryl methyl sites for hydroxylation is 20. The summed E-state index contributed by atoms with van der Waals surface area (Å²) in [6.07, 6.45) is 15.1. The van der Waals surface area contributed by atoms with Gasteiger partial charge in [0.15, 0.2) is 0 Å². The van der Waals surface area contributed by atoms with Crippen LogP contribution in [0.25, 0.3) is 109 Å². The molecule has 0 fully saturated rings. The van der Waals surface area contributed by atoms with E-state index >= 15 is 0 Å². The van der Waals surface area contributed by atoms with Crippen LogP contribution in [0.15, 0.2) is 304 Å². The van der Waals surface area contributed by atoms with Gasteiger partial charge < -0.3 is 0 Å². The van der Waals surface area contributed by atoms with Gasteiger partial charge in [-0.05, 0) is 349 Å². The van der Waals surface area contributed by atoms with E-state index in [1.165, 1.54) is 153 Å². The lowest BCUT2D eigenvalue weighted by atomic mass is 10.1. The topological polar surface area (TPSA) is 129 Å². The Labute approximate surface area is 846 Å². The lowest BCUT2D eigenvalue weighted by Gasteiger charge is -2.03. The number of rotatable bonds is 0. The Morgan fingerprint density at radius 2 is 0.507 bits per heavy atom. The van der Waals surface area contributed by atoms with Crippen molar-refractivity contribution < 1.29 is 0 Å². The summed E-state index contributed by atoms with van der Waals surface area (Å²) < 4.78 is 0. The average molecular weight is 1870 g/mol. The van der Waals surface area contributed by atoms with Crippen molar-refractivity contribution in [2.45, 2.75) is 277 Å². The zero-order valence-corrected chi connectivity index (χ0v) is 93.3. The van der Waals surface area contributed by atoms with E-state index in [9.17, 15) is 0 Å². The van der Waals surface area contributed by atoms with E-state index in [0.717, 1.165) is 67.1 Å². The predicted molar refractivity (Wildman–Crippen MR) is 626 cm³/mol. The second-order valence-corrected chi connectivity index (χ2v) is 31.5. The molecule has 0 aliphatic carbocycles. The van der Waals surface area contributed by atoms with Gasteiger partial charge in [-0.1, -0.05) is 282 Å². The van der Waals surface area contributed by atoms with Gasteiger partial charge in [-0.25, -0.2) is 0 Å². The van der Waals surface area contributed by atoms with Gasteiger partial charge in [0.1, 0.15) is 0 Å². The SMILES string of the molecule is CC.CC.CC.CC.CC.CC.CC.CC.CC.CC.Cc1cc2ccccc2nc1C.Cc1cc2cccnc2cc1C.Cc1cc2ccncc2cc1C.Cc1ccc2cc(C)ncc2c1.Cc1ccc2ccc(C)nc2c1.Cc1ccc2cnc(C)cc2c1.Cc1ccc2nc(C)ccc2c1.Cc1ccc2ncc(C)cc2c1.Cc1cccc2nccc(C)c12.Cc1cnc2cc(C)ccc2c1. The van der Waals surface area contributed by atoms with Gasteiger partial charge >= 0.3 is 0 Å². The molecule has 10 aromatic carbocycles. The molecule has 0 amide bonds. The number of para-hydroxylation sites is 1. The molecule has 10 aromatic heterocycles. The van der Waals surface area contributed by atoms with Crippen LogP contribution in [0.4, 0.5) is 0 Å². The molecule has 0 N–H and O–H groups in total. The number of aromatic nitrogens is 10. The summed E-state index contributed by atoms with van der Waals surface area (Å²) in [5, 5.41) is 16.1. The first-order valence-electron chi connectivity index (χ1n) is 50.9. The van der Waals surface area contributed by atoms with Crippen molar-refractivity contribution in [1.29, 1.82) is 0 Å². The van der Waals surface area contributed by atoms with E-state index < -0.39 is 0 Å². The average Bonchev–Trinajstić information content (AvgIpc) is 0.838. The standard InChI is InChI=1S/10C11H11N.10C2H6/c1-8-3-6-11-10(7-8)5-4-9(2)12-11;1-8-3-5-10-6-4-9(2)12-11(10)7-8;1-8-5-10-3-4-12-7-11(10)6-9(8)2;1-8-3-4-10-5-9(2)7-12-11(10)6-8;1-8-3-4-10-7-12-9(2)6-11(10)5-8;1-8-3-4-10-6-9(2)12-7-11(10)5-8;1-8-3-4-11-10(5-8)6-9(2)7-12-11;1-8-6-10-4-3-5-12-11(10)7-9(8)2;1-8-4-3-5-10-11(8)9(2)6-7-12-10;1-8-7-10-5-3-4-6-11(10)12-9(8)2;10*1-2/h10*3-7H,1-2H3;10*1-2H3. The number of nitrogens with zero attached hydrogens (tertiary/aromatic N) is 10. The van der Waals surface area contributed by atoms with Crippen molar-refractivity contribution >= 4 is 109 Å². The van der Waals surface area contributed by atoms with Crippen LogP contribution in [0, 0.1) is 138 Å². The van der Waals surface area contributed by atoms with Crippen LogP contribution in [0.3, 0.4) is 0 Å². The molecule has 0 bridgehead atoms. The molecule has 0 radical (unpaired) electrons. The largest absolute Gasteiger partial charge is 0.264 e. The van der Waals surface area contributed by atoms with Gasteiger partial charge in [0.05, 0.1) is 38.6 Å². The second-order valence-electron chi connectivity index (χ2n) is 31.5. The summed E-state index contributed by atoms with van der Waals surface area (Å²) in [6.45, 7) is 81.6. The fraction of sp³-hybridized carbons (Fsp3) is 0.308. The highest BCUT2D eigenvalue weighted by atomic mass is 14.7. The molecule has 10 nitrogen and oxygen atoms in total. The Hall–Kier alpha value is -13.7. The van der Waals surface area contributed by atoms with Crippen LogP contribution in [0.1, 0.15) is 250 Å². The van der Waals surface area contributed by atoms with Gasteiger partial charge in [-0.2, -0.15) is 0 Å². The molecular formula is C130H170N10. The Balaban J connectivity index is 0.000000762. The minimum Gasteiger partial charge on any atom is -0.264 e. The van der Waals surface area contributed by atoms with Crippen molar-refractivity contribution in [3.63, 3.8) is 0 Å². The molecule has 0 aliphatic rings. The van der Waals surface area contributed by atoms with Crippen molar-refractivity contribution in [2.75, 3.05) is 0 Å². The molecule has 10 heteroatoms. The summed E-state index contributed by atoms with van der Waals surface area (Å²) in [5.41, 5.74) is 32.3. The van der Waals surface area contributed by atoms with Crippen molar-refractivity contribution in [1.82, 2.24) is 49.8 Å². The van der Waals surface area contributed by atoms with E-state index in [-0.39, 0.29) is 0 Å². The third kappa shape index (κ3) is 42.3. The van der Waals surface area contributed by atoms with Crippen LogP contribution in [0.2, 0.25) is 0 Å². The van der Waals surface area contributed by atoms with Gasteiger partial charge in [0.2, 0.25) is 0 Å². The Kier molecular flexibility index (Phi) is 62.2. The first-order chi connectivity index (χ1) is 67.6. The van der Waals surface area contributed by atoms with E-state index in [1.54, 1.807) is 0 Å². The molecular weight excluding hydrogens is 1700 g/mol. The highest BCUT2D eigenvalue weighted by Gasteiger charge is 2.05. The minimum atomic E-state index is 1.08. The molecule has 140 heavy (non-hydrogen) atoms. The molecule has 0 unspecified atom stereocenters. The smallest absolute Gasteiger partial charge is 0.0707 e. The number of hydrogen-bond acceptors (Lipinski definition) is 10. The van der Waals surface area contributed by atoms with Crippen molar-refractivity contribution in [3.05, 3.63) is 416 Å². The predicted octanol–water partition coefficient (Wildman–Crippen LogP) is 38.8. The molecule has 20 rings (SSSR count). The highest BCUT2D eigenvalue weighted by Crippen LogP contribution is 2.25. The van der Waals surface area contributed by atoms with E-state index in [2.05, 4.69) is 360 Å². The van der Waals surface area contributed by atoms with E-state index in [4.69, 9.17) is 0 Å². The van der Waals surface area contributed by atoms with Gasteiger partial charge in [0.25, 0.3) is 0 Å². The molecule has 0 atom stereocenters. The van der Waals surface area contributed by atoms with Crippen LogP contribution in [-0.4, -0.2) is 49.8 Å². The summed E-state index contributed by atoms with van der Waals surface area (Å²) in [6, 6.07) is 88.4. The third-order valence-electron chi connectivity index (χ3n) is 20.8. The molecule has 0 saturated heterocycles. The zero-order valence-electron chi connectivity index (χ0n) is 93.3. The first-order valence-corrected chi connectivity index (χ1v) is 50.9. The van der Waals surface area contributed by atoms with Crippen LogP contribution >= 0.6 is 0 Å². The monoisotopic (exact) mass is 1870 g/mol. The fourth-order valence-electron chi connectivity index (χ4n) is 13.7. The molecule has 0 spiro atoms. The maximum absolute atomic E-state index is 4.48. The maximum atomic E-state index is 4.48. The minimum absolute atomic E-state index is 1.08. The Bertz CT molecular complexity index is 5960. The highest BCUT2D eigenvalue weighted by molar-refractivity contribution is 5.88. The number of benzene rings is 10. The molecule has 0 saturated carbocycles. The molecule has 10 heterocycles. The van der Waals surface area contributed by atoms with Gasteiger partial charge in [-0.15, -0.1) is 0 Å². The van der Waals surface area contributed by atoms with E-state index in [0.29, 0.717) is 0 Å². The van der Waals surface area contributed by atoms with Crippen LogP contribution in [0.5, 0.6) is 0 Å². The summed E-state index contributed by atoms with van der Waals surface area (Å²) in [5.74, 6) is 0. The lowest BCUT2D eigenvalue weighted by molar-refractivity contribution is 1.20. The normalized spacial score (nSPS) is 9.43. The molecule has 20 aromatic rings. The summed E-state index contributed by atoms with van der Waals surface area (Å²) >= 11 is 0. The van der Waals surface area contributed by atoms with Crippen molar-refractivity contribution in [3.8, 4) is 0 Å².